The highest BCUT2D eigenvalue weighted by molar-refractivity contribution is 9.10. The lowest BCUT2D eigenvalue weighted by Gasteiger charge is -2.33. The molecule has 0 radical (unpaired) electrons. The molecule has 0 spiro atoms. The normalized spacial score (nSPS) is 18.9. The lowest BCUT2D eigenvalue weighted by atomic mass is 10.0. The molecule has 1 fully saturated rings. The summed E-state index contributed by atoms with van der Waals surface area (Å²) >= 11 is 9.77. The number of benzene rings is 1. The molecule has 1 N–H and O–H groups in total. The second-order valence-corrected chi connectivity index (χ2v) is 5.46. The van der Waals surface area contributed by atoms with Crippen molar-refractivity contribution in [1.82, 2.24) is 10.2 Å². The van der Waals surface area contributed by atoms with Crippen LogP contribution in [0.3, 0.4) is 0 Å². The Bertz CT molecular complexity index is 402. The number of nitrogens with one attached hydrogen (secondary N) is 1. The van der Waals surface area contributed by atoms with Crippen LogP contribution >= 0.6 is 27.5 Å². The van der Waals surface area contributed by atoms with Crippen molar-refractivity contribution in [3.63, 3.8) is 0 Å². The van der Waals surface area contributed by atoms with E-state index < -0.39 is 0 Å². The van der Waals surface area contributed by atoms with Crippen LogP contribution in [0.5, 0.6) is 0 Å². The molecule has 92 valence electrons. The Morgan fingerprint density at radius 2 is 2.12 bits per heavy atom. The molecule has 0 bridgehead atoms. The Morgan fingerprint density at radius 1 is 1.41 bits per heavy atom. The Labute approximate surface area is 116 Å². The van der Waals surface area contributed by atoms with Crippen molar-refractivity contribution in [2.45, 2.75) is 6.04 Å². The fourth-order valence-electron chi connectivity index (χ4n) is 2.17. The van der Waals surface area contributed by atoms with Crippen LogP contribution in [-0.2, 0) is 0 Å². The molecule has 0 amide bonds. The van der Waals surface area contributed by atoms with Crippen LogP contribution in [0.25, 0.3) is 0 Å². The largest absolute Gasteiger partial charge is 0.314 e. The van der Waals surface area contributed by atoms with E-state index in [1.54, 1.807) is 0 Å². The van der Waals surface area contributed by atoms with Gasteiger partial charge in [0, 0.05) is 35.7 Å². The van der Waals surface area contributed by atoms with Gasteiger partial charge in [0.25, 0.3) is 0 Å². The first-order valence-electron chi connectivity index (χ1n) is 5.74. The lowest BCUT2D eigenvalue weighted by molar-refractivity contribution is 0.203. The van der Waals surface area contributed by atoms with Crippen molar-refractivity contribution in [3.8, 4) is 0 Å². The Balaban J connectivity index is 2.27. The van der Waals surface area contributed by atoms with Gasteiger partial charge in [0.15, 0.2) is 0 Å². The standard InChI is InChI=1S/C13H16BrClN2/c1-2-13(17-7-5-16-6-8-17)11-9-10(14)3-4-12(11)15/h2-4,9,13,16H,1,5-8H2/t13-/m0/s1. The minimum atomic E-state index is 0.196. The summed E-state index contributed by atoms with van der Waals surface area (Å²) in [5, 5.41) is 4.16. The van der Waals surface area contributed by atoms with Crippen LogP contribution in [0.15, 0.2) is 35.3 Å². The van der Waals surface area contributed by atoms with Crippen LogP contribution in [-0.4, -0.2) is 31.1 Å². The third-order valence-electron chi connectivity index (χ3n) is 3.04. The zero-order chi connectivity index (χ0) is 12.3. The van der Waals surface area contributed by atoms with Gasteiger partial charge in [-0.2, -0.15) is 0 Å². The van der Waals surface area contributed by atoms with E-state index in [4.69, 9.17) is 11.6 Å². The van der Waals surface area contributed by atoms with Gasteiger partial charge in [0.1, 0.15) is 0 Å². The third kappa shape index (κ3) is 3.10. The predicted octanol–water partition coefficient (Wildman–Crippen LogP) is 3.23. The van der Waals surface area contributed by atoms with Gasteiger partial charge < -0.3 is 5.32 Å². The van der Waals surface area contributed by atoms with E-state index in [0.29, 0.717) is 0 Å². The van der Waals surface area contributed by atoms with Gasteiger partial charge >= 0.3 is 0 Å². The van der Waals surface area contributed by atoms with E-state index in [9.17, 15) is 0 Å². The number of hydrogen-bond acceptors (Lipinski definition) is 2. The maximum absolute atomic E-state index is 6.28. The summed E-state index contributed by atoms with van der Waals surface area (Å²) in [6, 6.07) is 6.17. The average molecular weight is 316 g/mol. The van der Waals surface area contributed by atoms with Crippen LogP contribution in [0, 0.1) is 0 Å². The smallest absolute Gasteiger partial charge is 0.0545 e. The Hall–Kier alpha value is -0.350. The molecular formula is C13H16BrClN2. The minimum Gasteiger partial charge on any atom is -0.314 e. The topological polar surface area (TPSA) is 15.3 Å². The predicted molar refractivity (Wildman–Crippen MR) is 76.5 cm³/mol. The third-order valence-corrected chi connectivity index (χ3v) is 3.88. The van der Waals surface area contributed by atoms with Crippen molar-refractivity contribution in [1.29, 1.82) is 0 Å². The molecule has 2 nitrogen and oxygen atoms in total. The molecule has 0 saturated carbocycles. The number of rotatable bonds is 3. The van der Waals surface area contributed by atoms with Crippen molar-refractivity contribution in [3.05, 3.63) is 45.9 Å². The molecule has 17 heavy (non-hydrogen) atoms. The van der Waals surface area contributed by atoms with Crippen LogP contribution in [0.1, 0.15) is 11.6 Å². The lowest BCUT2D eigenvalue weighted by Crippen LogP contribution is -2.44. The molecule has 1 aliphatic rings. The summed E-state index contributed by atoms with van der Waals surface area (Å²) in [4.78, 5) is 2.40. The molecular weight excluding hydrogens is 300 g/mol. The zero-order valence-corrected chi connectivity index (χ0v) is 12.0. The average Bonchev–Trinajstić information content (AvgIpc) is 2.36. The monoisotopic (exact) mass is 314 g/mol. The van der Waals surface area contributed by atoms with Gasteiger partial charge in [0.2, 0.25) is 0 Å². The molecule has 1 atom stereocenters. The maximum Gasteiger partial charge on any atom is 0.0545 e. The van der Waals surface area contributed by atoms with E-state index in [-0.39, 0.29) is 6.04 Å². The van der Waals surface area contributed by atoms with Crippen molar-refractivity contribution < 1.29 is 0 Å². The Kier molecular flexibility index (Phi) is 4.62. The summed E-state index contributed by atoms with van der Waals surface area (Å²) in [7, 11) is 0. The fourth-order valence-corrected chi connectivity index (χ4v) is 2.78. The second kappa shape index (κ2) is 6.01. The van der Waals surface area contributed by atoms with E-state index in [1.165, 1.54) is 0 Å². The minimum absolute atomic E-state index is 0.196. The number of nitrogens with zero attached hydrogens (tertiary/aromatic N) is 1. The van der Waals surface area contributed by atoms with E-state index >= 15 is 0 Å². The highest BCUT2D eigenvalue weighted by atomic mass is 79.9. The zero-order valence-electron chi connectivity index (χ0n) is 9.63. The summed E-state index contributed by atoms with van der Waals surface area (Å²) < 4.78 is 1.05. The molecule has 0 unspecified atom stereocenters. The summed E-state index contributed by atoms with van der Waals surface area (Å²) in [5.41, 5.74) is 1.12. The van der Waals surface area contributed by atoms with Gasteiger partial charge in [-0.05, 0) is 23.8 Å². The highest BCUT2D eigenvalue weighted by Crippen LogP contribution is 2.31. The number of hydrogen-bond donors (Lipinski definition) is 1. The Morgan fingerprint density at radius 3 is 2.76 bits per heavy atom. The van der Waals surface area contributed by atoms with E-state index in [0.717, 1.165) is 41.2 Å². The SMILES string of the molecule is C=C[C@@H](c1cc(Br)ccc1Cl)N1CCNCC1. The van der Waals surface area contributed by atoms with Crippen molar-refractivity contribution >= 4 is 27.5 Å². The van der Waals surface area contributed by atoms with Gasteiger partial charge in [-0.3, -0.25) is 4.90 Å². The first kappa shape index (κ1) is 13.1. The molecule has 2 rings (SSSR count). The van der Waals surface area contributed by atoms with Crippen LogP contribution < -0.4 is 5.32 Å². The van der Waals surface area contributed by atoms with Crippen molar-refractivity contribution in [2.24, 2.45) is 0 Å². The first-order chi connectivity index (χ1) is 8.22. The summed E-state index contributed by atoms with van der Waals surface area (Å²) in [6.45, 7) is 8.05. The highest BCUT2D eigenvalue weighted by Gasteiger charge is 2.21. The summed E-state index contributed by atoms with van der Waals surface area (Å²) in [5.74, 6) is 0. The first-order valence-corrected chi connectivity index (χ1v) is 6.91. The van der Waals surface area contributed by atoms with Gasteiger partial charge in [-0.15, -0.1) is 6.58 Å². The maximum atomic E-state index is 6.28. The molecule has 1 saturated heterocycles. The molecule has 4 heteroatoms. The number of piperazine rings is 1. The molecule has 1 aromatic rings. The summed E-state index contributed by atoms with van der Waals surface area (Å²) in [6.07, 6.45) is 1.97. The van der Waals surface area contributed by atoms with E-state index in [2.05, 4.69) is 38.8 Å². The van der Waals surface area contributed by atoms with Crippen LogP contribution in [0.4, 0.5) is 0 Å². The van der Waals surface area contributed by atoms with Crippen molar-refractivity contribution in [2.75, 3.05) is 26.2 Å². The molecule has 0 aliphatic carbocycles. The quantitative estimate of drug-likeness (QED) is 0.862. The second-order valence-electron chi connectivity index (χ2n) is 4.13. The molecule has 1 heterocycles. The van der Waals surface area contributed by atoms with Gasteiger partial charge in [-0.1, -0.05) is 33.6 Å². The van der Waals surface area contributed by atoms with Gasteiger partial charge in [-0.25, -0.2) is 0 Å². The molecule has 1 aliphatic heterocycles. The van der Waals surface area contributed by atoms with Gasteiger partial charge in [0.05, 0.1) is 6.04 Å². The molecule has 0 aromatic heterocycles. The van der Waals surface area contributed by atoms with E-state index in [1.807, 2.05) is 18.2 Å². The van der Waals surface area contributed by atoms with Crippen LogP contribution in [0.2, 0.25) is 5.02 Å². The fraction of sp³-hybridized carbons (Fsp3) is 0.385. The number of halogens is 2. The molecule has 1 aromatic carbocycles.